The average Bonchev–Trinajstić information content (AvgIpc) is 2.61. The van der Waals surface area contributed by atoms with E-state index in [9.17, 15) is 4.79 Å². The molecule has 2 aromatic rings. The van der Waals surface area contributed by atoms with Crippen molar-refractivity contribution in [2.45, 2.75) is 6.92 Å². The van der Waals surface area contributed by atoms with Gasteiger partial charge in [0, 0.05) is 37.4 Å². The molecule has 0 spiro atoms. The minimum Gasteiger partial charge on any atom is -0.496 e. The SMILES string of the molecule is COc1ccc(C(=O)N2CCN(c3cccc(C)c3)CC2)cc1Br. The number of halogens is 1. The molecule has 4 nitrogen and oxygen atoms in total. The van der Waals surface area contributed by atoms with Crippen molar-refractivity contribution in [2.75, 3.05) is 38.2 Å². The number of ether oxygens (including phenoxy) is 1. The molecule has 0 atom stereocenters. The molecule has 0 unspecified atom stereocenters. The van der Waals surface area contributed by atoms with Crippen LogP contribution in [0.4, 0.5) is 5.69 Å². The van der Waals surface area contributed by atoms with Crippen LogP contribution in [0.5, 0.6) is 5.75 Å². The Morgan fingerprint density at radius 3 is 2.46 bits per heavy atom. The van der Waals surface area contributed by atoms with Gasteiger partial charge in [0.25, 0.3) is 5.91 Å². The molecule has 1 fully saturated rings. The number of carbonyl (C=O) groups is 1. The molecule has 5 heteroatoms. The van der Waals surface area contributed by atoms with Crippen LogP contribution in [0.2, 0.25) is 0 Å². The van der Waals surface area contributed by atoms with E-state index in [1.165, 1.54) is 11.3 Å². The summed E-state index contributed by atoms with van der Waals surface area (Å²) in [6, 6.07) is 14.0. The van der Waals surface area contributed by atoms with Crippen LogP contribution < -0.4 is 9.64 Å². The van der Waals surface area contributed by atoms with Gasteiger partial charge in [-0.05, 0) is 58.7 Å². The molecule has 24 heavy (non-hydrogen) atoms. The largest absolute Gasteiger partial charge is 0.496 e. The van der Waals surface area contributed by atoms with Crippen molar-refractivity contribution in [3.05, 3.63) is 58.1 Å². The number of benzene rings is 2. The molecule has 3 rings (SSSR count). The van der Waals surface area contributed by atoms with Crippen LogP contribution in [-0.2, 0) is 0 Å². The summed E-state index contributed by atoms with van der Waals surface area (Å²) in [5.74, 6) is 0.804. The van der Waals surface area contributed by atoms with Crippen LogP contribution in [0.15, 0.2) is 46.9 Å². The highest BCUT2D eigenvalue weighted by Crippen LogP contribution is 2.26. The maximum Gasteiger partial charge on any atom is 0.254 e. The van der Waals surface area contributed by atoms with Crippen molar-refractivity contribution < 1.29 is 9.53 Å². The monoisotopic (exact) mass is 388 g/mol. The van der Waals surface area contributed by atoms with Gasteiger partial charge in [0.1, 0.15) is 5.75 Å². The third-order valence-electron chi connectivity index (χ3n) is 4.33. The van der Waals surface area contributed by atoms with Crippen LogP contribution in [0.3, 0.4) is 0 Å². The Morgan fingerprint density at radius 2 is 1.83 bits per heavy atom. The summed E-state index contributed by atoms with van der Waals surface area (Å²) in [6.45, 7) is 5.27. The lowest BCUT2D eigenvalue weighted by Crippen LogP contribution is -2.48. The van der Waals surface area contributed by atoms with E-state index >= 15 is 0 Å². The second-order valence-electron chi connectivity index (χ2n) is 5.97. The van der Waals surface area contributed by atoms with Crippen LogP contribution in [0.25, 0.3) is 0 Å². The van der Waals surface area contributed by atoms with E-state index in [4.69, 9.17) is 4.74 Å². The first-order chi connectivity index (χ1) is 11.6. The van der Waals surface area contributed by atoms with Crippen molar-refractivity contribution >= 4 is 27.5 Å². The molecule has 0 N–H and O–H groups in total. The van der Waals surface area contributed by atoms with Crippen LogP contribution >= 0.6 is 15.9 Å². The quantitative estimate of drug-likeness (QED) is 0.802. The zero-order valence-electron chi connectivity index (χ0n) is 14.0. The summed E-state index contributed by atoms with van der Waals surface area (Å²) in [5, 5.41) is 0. The summed E-state index contributed by atoms with van der Waals surface area (Å²) in [4.78, 5) is 16.9. The van der Waals surface area contributed by atoms with Gasteiger partial charge in [0.15, 0.2) is 0 Å². The number of aryl methyl sites for hydroxylation is 1. The van der Waals surface area contributed by atoms with E-state index < -0.39 is 0 Å². The van der Waals surface area contributed by atoms with Crippen LogP contribution in [0, 0.1) is 6.92 Å². The first-order valence-corrected chi connectivity index (χ1v) is 8.82. The molecule has 2 aromatic carbocycles. The fourth-order valence-corrected chi connectivity index (χ4v) is 3.52. The summed E-state index contributed by atoms with van der Waals surface area (Å²) in [6.07, 6.45) is 0. The number of hydrogen-bond donors (Lipinski definition) is 0. The fraction of sp³-hybridized carbons (Fsp3) is 0.316. The van der Waals surface area contributed by atoms with E-state index in [1.807, 2.05) is 23.1 Å². The second-order valence-corrected chi connectivity index (χ2v) is 6.82. The highest BCUT2D eigenvalue weighted by Gasteiger charge is 2.22. The smallest absolute Gasteiger partial charge is 0.254 e. The molecule has 1 aliphatic heterocycles. The Hall–Kier alpha value is -2.01. The molecule has 1 heterocycles. The Balaban J connectivity index is 1.66. The number of amides is 1. The van der Waals surface area contributed by atoms with Gasteiger partial charge in [0.2, 0.25) is 0 Å². The molecule has 0 bridgehead atoms. The number of anilines is 1. The van der Waals surface area contributed by atoms with Gasteiger partial charge in [-0.3, -0.25) is 4.79 Å². The highest BCUT2D eigenvalue weighted by atomic mass is 79.9. The highest BCUT2D eigenvalue weighted by molar-refractivity contribution is 9.10. The Morgan fingerprint density at radius 1 is 1.08 bits per heavy atom. The van der Waals surface area contributed by atoms with Crippen molar-refractivity contribution in [2.24, 2.45) is 0 Å². The maximum atomic E-state index is 12.7. The summed E-state index contributed by atoms with van der Waals surface area (Å²) in [5.41, 5.74) is 3.18. The van der Waals surface area contributed by atoms with E-state index in [0.29, 0.717) is 5.56 Å². The number of hydrogen-bond acceptors (Lipinski definition) is 3. The molecule has 0 radical (unpaired) electrons. The van der Waals surface area contributed by atoms with Gasteiger partial charge in [-0.2, -0.15) is 0 Å². The maximum absolute atomic E-state index is 12.7. The van der Waals surface area contributed by atoms with Gasteiger partial charge in [-0.25, -0.2) is 0 Å². The lowest BCUT2D eigenvalue weighted by Gasteiger charge is -2.36. The van der Waals surface area contributed by atoms with Gasteiger partial charge in [-0.1, -0.05) is 12.1 Å². The molecule has 1 amide bonds. The van der Waals surface area contributed by atoms with Gasteiger partial charge in [0.05, 0.1) is 11.6 Å². The molecule has 1 aliphatic rings. The molecule has 0 saturated carbocycles. The summed E-state index contributed by atoms with van der Waals surface area (Å²) in [7, 11) is 1.62. The standard InChI is InChI=1S/C19H21BrN2O2/c1-14-4-3-5-16(12-14)21-8-10-22(11-9-21)19(23)15-6-7-18(24-2)17(20)13-15/h3-7,12-13H,8-11H2,1-2H3. The van der Waals surface area contributed by atoms with E-state index in [1.54, 1.807) is 7.11 Å². The number of rotatable bonds is 3. The molecule has 0 aromatic heterocycles. The van der Waals surface area contributed by atoms with Gasteiger partial charge in [-0.15, -0.1) is 0 Å². The Labute approximate surface area is 151 Å². The van der Waals surface area contributed by atoms with Crippen molar-refractivity contribution in [3.8, 4) is 5.75 Å². The minimum absolute atomic E-state index is 0.0715. The van der Waals surface area contributed by atoms with Crippen molar-refractivity contribution in [1.29, 1.82) is 0 Å². The number of piperazine rings is 1. The number of nitrogens with zero attached hydrogens (tertiary/aromatic N) is 2. The van der Waals surface area contributed by atoms with E-state index in [-0.39, 0.29) is 5.91 Å². The molecule has 126 valence electrons. The first-order valence-electron chi connectivity index (χ1n) is 8.03. The predicted molar refractivity (Wildman–Crippen MR) is 100.0 cm³/mol. The summed E-state index contributed by atoms with van der Waals surface area (Å²) < 4.78 is 6.02. The lowest BCUT2D eigenvalue weighted by molar-refractivity contribution is 0.0746. The second kappa shape index (κ2) is 7.26. The molecular weight excluding hydrogens is 368 g/mol. The van der Waals surface area contributed by atoms with Crippen LogP contribution in [0.1, 0.15) is 15.9 Å². The van der Waals surface area contributed by atoms with Crippen molar-refractivity contribution in [3.63, 3.8) is 0 Å². The molecule has 1 saturated heterocycles. The third-order valence-corrected chi connectivity index (χ3v) is 4.95. The Bertz CT molecular complexity index is 740. The predicted octanol–water partition coefficient (Wildman–Crippen LogP) is 3.73. The van der Waals surface area contributed by atoms with Crippen LogP contribution in [-0.4, -0.2) is 44.1 Å². The normalized spacial score (nSPS) is 14.6. The molecular formula is C19H21BrN2O2. The third kappa shape index (κ3) is 3.56. The van der Waals surface area contributed by atoms with E-state index in [0.717, 1.165) is 36.4 Å². The zero-order chi connectivity index (χ0) is 17.1. The first kappa shape index (κ1) is 16.8. The topological polar surface area (TPSA) is 32.8 Å². The number of methoxy groups -OCH3 is 1. The van der Waals surface area contributed by atoms with E-state index in [2.05, 4.69) is 52.0 Å². The van der Waals surface area contributed by atoms with Gasteiger partial charge < -0.3 is 14.5 Å². The zero-order valence-corrected chi connectivity index (χ0v) is 15.5. The van der Waals surface area contributed by atoms with Crippen molar-refractivity contribution in [1.82, 2.24) is 4.90 Å². The number of carbonyl (C=O) groups excluding carboxylic acids is 1. The Kier molecular flexibility index (Phi) is 5.09. The minimum atomic E-state index is 0.0715. The average molecular weight is 389 g/mol. The fourth-order valence-electron chi connectivity index (χ4n) is 2.97. The lowest BCUT2D eigenvalue weighted by atomic mass is 10.1. The van der Waals surface area contributed by atoms with Gasteiger partial charge >= 0.3 is 0 Å². The molecule has 0 aliphatic carbocycles. The summed E-state index contributed by atoms with van der Waals surface area (Å²) >= 11 is 3.44.